The molecular formula is C20H23N3O5. The number of carbonyl (C=O) groups excluding carboxylic acids is 2. The first kappa shape index (κ1) is 20.8. The molecular weight excluding hydrogens is 362 g/mol. The van der Waals surface area contributed by atoms with Gasteiger partial charge in [-0.05, 0) is 60.9 Å². The van der Waals surface area contributed by atoms with Crippen molar-refractivity contribution >= 4 is 18.0 Å². The van der Waals surface area contributed by atoms with E-state index in [4.69, 9.17) is 9.47 Å². The van der Waals surface area contributed by atoms with Crippen LogP contribution in [0.3, 0.4) is 0 Å². The second kappa shape index (κ2) is 9.40. The Bertz CT molecular complexity index is 886. The number of phenolic OH excluding ortho intramolecular Hbond substituents is 1. The molecule has 0 aliphatic heterocycles. The van der Waals surface area contributed by atoms with Crippen LogP contribution in [-0.4, -0.2) is 43.9 Å². The number of amides is 2. The van der Waals surface area contributed by atoms with Crippen LogP contribution in [0, 0.1) is 13.8 Å². The van der Waals surface area contributed by atoms with Gasteiger partial charge in [-0.25, -0.2) is 5.43 Å². The average Bonchev–Trinajstić information content (AvgIpc) is 2.69. The van der Waals surface area contributed by atoms with Gasteiger partial charge in [0.1, 0.15) is 5.75 Å². The molecule has 0 aliphatic rings. The van der Waals surface area contributed by atoms with E-state index in [9.17, 15) is 14.7 Å². The number of nitrogens with zero attached hydrogens (tertiary/aromatic N) is 1. The summed E-state index contributed by atoms with van der Waals surface area (Å²) in [5.41, 5.74) is 4.85. The van der Waals surface area contributed by atoms with Crippen LogP contribution in [0.25, 0.3) is 0 Å². The summed E-state index contributed by atoms with van der Waals surface area (Å²) in [4.78, 5) is 24.0. The molecule has 0 atom stereocenters. The Morgan fingerprint density at radius 3 is 2.32 bits per heavy atom. The number of hydrogen-bond donors (Lipinski definition) is 3. The second-order valence-corrected chi connectivity index (χ2v) is 6.05. The zero-order chi connectivity index (χ0) is 20.7. The van der Waals surface area contributed by atoms with E-state index in [-0.39, 0.29) is 12.3 Å². The maximum Gasteiger partial charge on any atom is 0.259 e. The Morgan fingerprint density at radius 2 is 1.71 bits per heavy atom. The van der Waals surface area contributed by atoms with Gasteiger partial charge in [0.25, 0.3) is 11.8 Å². The number of aryl methyl sites for hydroxylation is 2. The fraction of sp³-hybridized carbons (Fsp3) is 0.250. The molecule has 0 unspecified atom stereocenters. The van der Waals surface area contributed by atoms with Crippen molar-refractivity contribution < 1.29 is 24.2 Å². The monoisotopic (exact) mass is 385 g/mol. The number of methoxy groups -OCH3 is 2. The standard InChI is InChI=1S/C20H23N3O5/c1-12-7-14(8-13(2)19(12)25)10-22-23-18(24)11-21-20(26)15-5-6-16(27-3)17(9-15)28-4/h5-10,25H,11H2,1-4H3,(H,21,26)(H,23,24)/b22-10+. The SMILES string of the molecule is COc1ccc(C(=O)NCC(=O)N/N=C/c2cc(C)c(O)c(C)c2)cc1OC. The van der Waals surface area contributed by atoms with Crippen LogP contribution < -0.4 is 20.2 Å². The smallest absolute Gasteiger partial charge is 0.259 e. The number of nitrogens with one attached hydrogen (secondary N) is 2. The van der Waals surface area contributed by atoms with Crippen LogP contribution >= 0.6 is 0 Å². The highest BCUT2D eigenvalue weighted by molar-refractivity contribution is 5.97. The lowest BCUT2D eigenvalue weighted by atomic mass is 10.1. The molecule has 0 aliphatic carbocycles. The number of hydrazone groups is 1. The third kappa shape index (κ3) is 5.23. The third-order valence-electron chi connectivity index (χ3n) is 3.97. The molecule has 0 radical (unpaired) electrons. The molecule has 2 aromatic rings. The van der Waals surface area contributed by atoms with E-state index in [2.05, 4.69) is 15.8 Å². The van der Waals surface area contributed by atoms with Crippen molar-refractivity contribution in [2.75, 3.05) is 20.8 Å². The minimum atomic E-state index is -0.475. The molecule has 8 nitrogen and oxygen atoms in total. The summed E-state index contributed by atoms with van der Waals surface area (Å²) >= 11 is 0. The van der Waals surface area contributed by atoms with Gasteiger partial charge in [-0.3, -0.25) is 9.59 Å². The van der Waals surface area contributed by atoms with Gasteiger partial charge in [0.2, 0.25) is 0 Å². The first-order chi connectivity index (χ1) is 13.3. The summed E-state index contributed by atoms with van der Waals surface area (Å²) in [6.45, 7) is 3.32. The van der Waals surface area contributed by atoms with Crippen LogP contribution in [-0.2, 0) is 4.79 Å². The quantitative estimate of drug-likeness (QED) is 0.498. The fourth-order valence-corrected chi connectivity index (χ4v) is 2.52. The van der Waals surface area contributed by atoms with Crippen molar-refractivity contribution in [2.24, 2.45) is 5.10 Å². The summed E-state index contributed by atoms with van der Waals surface area (Å²) in [6, 6.07) is 8.20. The molecule has 0 heterocycles. The van der Waals surface area contributed by atoms with Gasteiger partial charge in [-0.2, -0.15) is 5.10 Å². The molecule has 0 aromatic heterocycles. The maximum atomic E-state index is 12.2. The van der Waals surface area contributed by atoms with Crippen LogP contribution in [0.2, 0.25) is 0 Å². The van der Waals surface area contributed by atoms with Crippen molar-refractivity contribution in [1.29, 1.82) is 0 Å². The lowest BCUT2D eigenvalue weighted by molar-refractivity contribution is -0.120. The zero-order valence-corrected chi connectivity index (χ0v) is 16.2. The van der Waals surface area contributed by atoms with Crippen molar-refractivity contribution in [3.63, 3.8) is 0 Å². The summed E-state index contributed by atoms with van der Waals surface area (Å²) in [5.74, 6) is 0.260. The van der Waals surface area contributed by atoms with Crippen LogP contribution in [0.1, 0.15) is 27.0 Å². The molecule has 2 amide bonds. The highest BCUT2D eigenvalue weighted by Crippen LogP contribution is 2.27. The molecule has 8 heteroatoms. The van der Waals surface area contributed by atoms with Gasteiger partial charge in [-0.15, -0.1) is 0 Å². The van der Waals surface area contributed by atoms with Crippen molar-refractivity contribution in [3.05, 3.63) is 52.6 Å². The lowest BCUT2D eigenvalue weighted by Crippen LogP contribution is -2.34. The molecule has 0 bridgehead atoms. The molecule has 2 rings (SSSR count). The normalized spacial score (nSPS) is 10.6. The summed E-state index contributed by atoms with van der Waals surface area (Å²) in [6.07, 6.45) is 1.47. The molecule has 148 valence electrons. The fourth-order valence-electron chi connectivity index (χ4n) is 2.52. The topological polar surface area (TPSA) is 109 Å². The van der Waals surface area contributed by atoms with Gasteiger partial charge < -0.3 is 19.9 Å². The van der Waals surface area contributed by atoms with E-state index in [1.54, 1.807) is 38.1 Å². The third-order valence-corrected chi connectivity index (χ3v) is 3.97. The van der Waals surface area contributed by atoms with E-state index in [1.807, 2.05) is 0 Å². The van der Waals surface area contributed by atoms with E-state index >= 15 is 0 Å². The predicted molar refractivity (Wildman–Crippen MR) is 105 cm³/mol. The lowest BCUT2D eigenvalue weighted by Gasteiger charge is -2.09. The van der Waals surface area contributed by atoms with E-state index in [0.717, 1.165) is 16.7 Å². The van der Waals surface area contributed by atoms with Crippen LogP contribution in [0.4, 0.5) is 0 Å². The van der Waals surface area contributed by atoms with Gasteiger partial charge >= 0.3 is 0 Å². The van der Waals surface area contributed by atoms with Gasteiger partial charge in [-0.1, -0.05) is 0 Å². The van der Waals surface area contributed by atoms with E-state index in [0.29, 0.717) is 17.1 Å². The second-order valence-electron chi connectivity index (χ2n) is 6.05. The number of aromatic hydroxyl groups is 1. The maximum absolute atomic E-state index is 12.2. The number of rotatable bonds is 7. The molecule has 0 fully saturated rings. The first-order valence-corrected chi connectivity index (χ1v) is 8.48. The van der Waals surface area contributed by atoms with E-state index in [1.165, 1.54) is 26.5 Å². The minimum Gasteiger partial charge on any atom is -0.507 e. The minimum absolute atomic E-state index is 0.235. The zero-order valence-electron chi connectivity index (χ0n) is 16.2. The number of hydrogen-bond acceptors (Lipinski definition) is 6. The van der Waals surface area contributed by atoms with Gasteiger partial charge in [0, 0.05) is 5.56 Å². The number of carbonyl (C=O) groups is 2. The highest BCUT2D eigenvalue weighted by Gasteiger charge is 2.11. The predicted octanol–water partition coefficient (Wildman–Crippen LogP) is 1.91. The summed E-state index contributed by atoms with van der Waals surface area (Å²) in [5, 5.41) is 16.1. The molecule has 28 heavy (non-hydrogen) atoms. The molecule has 3 N–H and O–H groups in total. The Hall–Kier alpha value is -3.55. The summed E-state index contributed by atoms with van der Waals surface area (Å²) < 4.78 is 10.3. The molecule has 0 saturated carbocycles. The van der Waals surface area contributed by atoms with Crippen molar-refractivity contribution in [1.82, 2.24) is 10.7 Å². The van der Waals surface area contributed by atoms with Crippen LogP contribution in [0.15, 0.2) is 35.4 Å². The summed E-state index contributed by atoms with van der Waals surface area (Å²) in [7, 11) is 2.98. The van der Waals surface area contributed by atoms with Crippen molar-refractivity contribution in [3.8, 4) is 17.2 Å². The molecule has 2 aromatic carbocycles. The largest absolute Gasteiger partial charge is 0.507 e. The number of phenols is 1. The first-order valence-electron chi connectivity index (χ1n) is 8.48. The van der Waals surface area contributed by atoms with Crippen molar-refractivity contribution in [2.45, 2.75) is 13.8 Å². The Morgan fingerprint density at radius 1 is 1.07 bits per heavy atom. The Kier molecular flexibility index (Phi) is 6.97. The van der Waals surface area contributed by atoms with Crippen LogP contribution in [0.5, 0.6) is 17.2 Å². The van der Waals surface area contributed by atoms with E-state index < -0.39 is 11.8 Å². The van der Waals surface area contributed by atoms with Gasteiger partial charge in [0.15, 0.2) is 11.5 Å². The average molecular weight is 385 g/mol. The Labute approximate surface area is 163 Å². The molecule has 0 saturated heterocycles. The number of ether oxygens (including phenoxy) is 2. The van der Waals surface area contributed by atoms with Gasteiger partial charge in [0.05, 0.1) is 27.0 Å². The highest BCUT2D eigenvalue weighted by atomic mass is 16.5. The number of benzene rings is 2. The molecule has 0 spiro atoms. The Balaban J connectivity index is 1.89.